The topological polar surface area (TPSA) is 81.4 Å². The van der Waals surface area contributed by atoms with Crippen LogP contribution in [0.5, 0.6) is 0 Å². The summed E-state index contributed by atoms with van der Waals surface area (Å²) in [5, 5.41) is 0. The van der Waals surface area contributed by atoms with Crippen LogP contribution >= 0.6 is 35.3 Å². The third kappa shape index (κ3) is 6.23. The first-order valence-electron chi connectivity index (χ1n) is 11.8. The van der Waals surface area contributed by atoms with Crippen molar-refractivity contribution in [2.75, 3.05) is 52.8 Å². The van der Waals surface area contributed by atoms with Gasteiger partial charge in [-0.2, -0.15) is 13.2 Å². The second-order valence-electron chi connectivity index (χ2n) is 11.2. The minimum Gasteiger partial charge on any atom is -0.285 e. The summed E-state index contributed by atoms with van der Waals surface area (Å²) in [4.78, 5) is 52.1. The number of anilines is 1. The average molecular weight is 569 g/mol. The lowest BCUT2D eigenvalue weighted by molar-refractivity contribution is -0.912. The highest BCUT2D eigenvalue weighted by molar-refractivity contribution is 6.49. The molecular formula is C23H38Cl3N6O4+3. The number of likely N-dealkylation sites (N-methyl/N-ethyl adjacent to an activating group) is 2. The second kappa shape index (κ2) is 11.0. The van der Waals surface area contributed by atoms with E-state index in [9.17, 15) is 19.2 Å². The van der Waals surface area contributed by atoms with E-state index in [1.807, 2.05) is 35.0 Å². The number of quaternary nitrogens is 3. The molecule has 0 radical (unpaired) electrons. The van der Waals surface area contributed by atoms with Crippen LogP contribution in [0.4, 0.5) is 10.5 Å². The first-order valence-corrected chi connectivity index (χ1v) is 12.9. The molecule has 0 aromatic carbocycles. The fraction of sp³-hybridized carbons (Fsp3) is 0.652. The maximum atomic E-state index is 13.6. The molecule has 0 aliphatic carbocycles. The lowest BCUT2D eigenvalue weighted by Gasteiger charge is -2.40. The molecule has 1 aromatic heterocycles. The molecule has 10 nitrogen and oxygen atoms in total. The number of halogens is 3. The van der Waals surface area contributed by atoms with E-state index in [1.165, 1.54) is 0 Å². The van der Waals surface area contributed by atoms with Gasteiger partial charge < -0.3 is 0 Å². The lowest BCUT2D eigenvalue weighted by Crippen LogP contribution is -2.69. The average Bonchev–Trinajstić information content (AvgIpc) is 2.77. The summed E-state index contributed by atoms with van der Waals surface area (Å²) in [6, 6.07) is -0.179. The van der Waals surface area contributed by atoms with E-state index in [-0.39, 0.29) is 45.0 Å². The smallest absolute Gasteiger partial charge is 0.285 e. The molecule has 1 aliphatic rings. The molecule has 36 heavy (non-hydrogen) atoms. The van der Waals surface area contributed by atoms with Gasteiger partial charge in [-0.05, 0) is 25.2 Å². The molecule has 3 unspecified atom stereocenters. The number of rotatable bonds is 10. The Balaban J connectivity index is 2.22. The normalized spacial score (nSPS) is 21.8. The van der Waals surface area contributed by atoms with E-state index in [2.05, 4.69) is 0 Å². The molecule has 1 aromatic rings. The van der Waals surface area contributed by atoms with Gasteiger partial charge in [0.1, 0.15) is 6.54 Å². The summed E-state index contributed by atoms with van der Waals surface area (Å²) < 4.78 is 2.33. The standard InChI is InChI=1S/C23H38Cl3N6O4/c1-9-17(14-32(8)21(34)19(30(3,4)5)15-31(6,7)23(32)36)11-10-16(2)12-27-20(33)18(29(25)26)13-28(24)22(27)35/h13,15-17H,9-12,14H2,1-8H3/q+3. The van der Waals surface area contributed by atoms with Gasteiger partial charge in [-0.1, -0.05) is 13.8 Å². The van der Waals surface area contributed by atoms with E-state index in [4.69, 9.17) is 35.3 Å². The maximum absolute atomic E-state index is 13.6. The van der Waals surface area contributed by atoms with Crippen molar-refractivity contribution in [1.82, 2.24) is 8.65 Å². The van der Waals surface area contributed by atoms with Crippen LogP contribution in [0.25, 0.3) is 0 Å². The van der Waals surface area contributed by atoms with Crippen molar-refractivity contribution in [1.29, 1.82) is 0 Å². The van der Waals surface area contributed by atoms with E-state index < -0.39 is 11.2 Å². The summed E-state index contributed by atoms with van der Waals surface area (Å²) in [5.74, 6) is -0.178. The van der Waals surface area contributed by atoms with Crippen molar-refractivity contribution < 1.29 is 23.0 Å². The molecule has 3 amide bonds. The number of hydrogen-bond donors (Lipinski definition) is 0. The van der Waals surface area contributed by atoms with Crippen LogP contribution < -0.4 is 15.2 Å². The van der Waals surface area contributed by atoms with Crippen LogP contribution in [0, 0.1) is 11.8 Å². The van der Waals surface area contributed by atoms with Crippen molar-refractivity contribution >= 4 is 53.0 Å². The van der Waals surface area contributed by atoms with Crippen molar-refractivity contribution in [3.8, 4) is 0 Å². The van der Waals surface area contributed by atoms with Crippen molar-refractivity contribution in [2.24, 2.45) is 11.8 Å². The zero-order valence-electron chi connectivity index (χ0n) is 22.3. The number of carbonyl (C=O) groups is 2. The Labute approximate surface area is 227 Å². The van der Waals surface area contributed by atoms with E-state index >= 15 is 0 Å². The Morgan fingerprint density at radius 1 is 1.06 bits per heavy atom. The summed E-state index contributed by atoms with van der Waals surface area (Å²) in [6.07, 6.45) is 4.96. The fourth-order valence-corrected chi connectivity index (χ4v) is 5.06. The number of carbonyl (C=O) groups excluding carboxylic acids is 2. The van der Waals surface area contributed by atoms with E-state index in [1.54, 1.807) is 27.3 Å². The molecular weight excluding hydrogens is 531 g/mol. The highest BCUT2D eigenvalue weighted by Gasteiger charge is 2.60. The van der Waals surface area contributed by atoms with Crippen molar-refractivity contribution in [2.45, 2.75) is 39.7 Å². The molecule has 202 valence electrons. The zero-order valence-corrected chi connectivity index (χ0v) is 24.6. The van der Waals surface area contributed by atoms with Crippen LogP contribution in [-0.2, 0) is 11.3 Å². The monoisotopic (exact) mass is 567 g/mol. The number of imide groups is 1. The summed E-state index contributed by atoms with van der Waals surface area (Å²) in [6.45, 7) is 4.46. The van der Waals surface area contributed by atoms with Gasteiger partial charge in [-0.25, -0.2) is 13.7 Å². The number of aromatic nitrogens is 2. The van der Waals surface area contributed by atoms with E-state index in [0.717, 1.165) is 21.3 Å². The first kappa shape index (κ1) is 30.5. The van der Waals surface area contributed by atoms with Gasteiger partial charge in [0.25, 0.3) is 11.3 Å². The Morgan fingerprint density at radius 2 is 1.64 bits per heavy atom. The maximum Gasteiger partial charge on any atom is 0.526 e. The molecule has 0 saturated carbocycles. The predicted molar refractivity (Wildman–Crippen MR) is 142 cm³/mol. The Bertz CT molecular complexity index is 1170. The predicted octanol–water partition coefficient (Wildman–Crippen LogP) is 3.30. The Hall–Kier alpha value is -1.69. The third-order valence-corrected chi connectivity index (χ3v) is 7.42. The molecule has 0 N–H and O–H groups in total. The van der Waals surface area contributed by atoms with Crippen LogP contribution in [-0.4, -0.2) is 82.9 Å². The quantitative estimate of drug-likeness (QED) is 0.320. The van der Waals surface area contributed by atoms with Gasteiger partial charge in [0.15, 0.2) is 11.9 Å². The third-order valence-electron chi connectivity index (χ3n) is 6.81. The van der Waals surface area contributed by atoms with Gasteiger partial charge in [0, 0.05) is 47.8 Å². The molecule has 3 atom stereocenters. The number of hydrogen-bond acceptors (Lipinski definition) is 5. The first-order chi connectivity index (χ1) is 16.4. The Kier molecular flexibility index (Phi) is 9.30. The van der Waals surface area contributed by atoms with Gasteiger partial charge in [0.2, 0.25) is 0 Å². The van der Waals surface area contributed by atoms with Gasteiger partial charge >= 0.3 is 17.6 Å². The van der Waals surface area contributed by atoms with Crippen LogP contribution in [0.15, 0.2) is 27.7 Å². The largest absolute Gasteiger partial charge is 0.526 e. The molecule has 13 heteroatoms. The number of nitrogens with zero attached hydrogens (tertiary/aromatic N) is 6. The fourth-order valence-electron chi connectivity index (χ4n) is 4.65. The summed E-state index contributed by atoms with van der Waals surface area (Å²) in [5.41, 5.74) is -0.854. The summed E-state index contributed by atoms with van der Waals surface area (Å²) in [7, 11) is 11.1. The van der Waals surface area contributed by atoms with Gasteiger partial charge in [-0.3, -0.25) is 13.8 Å². The van der Waals surface area contributed by atoms with Crippen LogP contribution in [0.3, 0.4) is 0 Å². The highest BCUT2D eigenvalue weighted by atomic mass is 35.5. The number of amides is 3. The summed E-state index contributed by atoms with van der Waals surface area (Å²) >= 11 is 17.3. The minimum absolute atomic E-state index is 0.0119. The molecule has 0 bridgehead atoms. The molecule has 1 aliphatic heterocycles. The Morgan fingerprint density at radius 3 is 2.14 bits per heavy atom. The highest BCUT2D eigenvalue weighted by Crippen LogP contribution is 2.31. The zero-order chi connectivity index (χ0) is 27.8. The molecule has 2 heterocycles. The van der Waals surface area contributed by atoms with E-state index in [0.29, 0.717) is 33.5 Å². The molecule has 0 saturated heterocycles. The lowest BCUT2D eigenvalue weighted by atomic mass is 9.93. The van der Waals surface area contributed by atoms with Gasteiger partial charge in [-0.15, -0.1) is 4.48 Å². The van der Waals surface area contributed by atoms with Crippen molar-refractivity contribution in [3.05, 3.63) is 38.9 Å². The SMILES string of the molecule is CCC(CCC(C)Cn1c(=O)c(N(Cl)Cl)cn(Cl)c1=O)C[N+]1(C)C(=O)C([N+](C)(C)C)=C[N+](C)(C)C1=O. The molecule has 0 spiro atoms. The van der Waals surface area contributed by atoms with Crippen molar-refractivity contribution in [3.63, 3.8) is 0 Å². The van der Waals surface area contributed by atoms with Crippen LogP contribution in [0.1, 0.15) is 33.1 Å². The minimum atomic E-state index is -0.679. The van der Waals surface area contributed by atoms with Crippen LogP contribution in [0.2, 0.25) is 0 Å². The number of urea groups is 1. The molecule has 2 rings (SSSR count). The van der Waals surface area contributed by atoms with Gasteiger partial charge in [0.05, 0.1) is 48.5 Å². The molecule has 0 fully saturated rings. The second-order valence-corrected chi connectivity index (χ2v) is 12.5.